The molecule has 5 heteroatoms. The zero-order valence-electron chi connectivity index (χ0n) is 11.3. The van der Waals surface area contributed by atoms with E-state index in [0.717, 1.165) is 6.54 Å². The Balaban J connectivity index is 3.99. The number of carboxylic acid groups (broad SMARTS) is 1. The van der Waals surface area contributed by atoms with E-state index in [1.165, 1.54) is 0 Å². The van der Waals surface area contributed by atoms with Gasteiger partial charge in [0.25, 0.3) is 0 Å². The SMILES string of the molecule is CC(C)CN(CCCC(=O)N(C)C)CC(=O)O. The summed E-state index contributed by atoms with van der Waals surface area (Å²) in [6.07, 6.45) is 1.18. The Morgan fingerprint density at radius 2 is 1.82 bits per heavy atom. The molecule has 17 heavy (non-hydrogen) atoms. The van der Waals surface area contributed by atoms with Gasteiger partial charge in [-0.2, -0.15) is 0 Å². The number of hydrogen-bond donors (Lipinski definition) is 1. The molecule has 1 N–H and O–H groups in total. The van der Waals surface area contributed by atoms with Gasteiger partial charge in [0.1, 0.15) is 0 Å². The summed E-state index contributed by atoms with van der Waals surface area (Å²) in [5, 5.41) is 8.78. The lowest BCUT2D eigenvalue weighted by Crippen LogP contribution is -2.34. The Kier molecular flexibility index (Phi) is 7.54. The molecule has 0 saturated heterocycles. The van der Waals surface area contributed by atoms with Gasteiger partial charge in [-0.05, 0) is 18.9 Å². The number of aliphatic carboxylic acids is 1. The highest BCUT2D eigenvalue weighted by Gasteiger charge is 2.12. The van der Waals surface area contributed by atoms with E-state index in [1.54, 1.807) is 19.0 Å². The summed E-state index contributed by atoms with van der Waals surface area (Å²) in [4.78, 5) is 25.5. The molecule has 0 aromatic rings. The van der Waals surface area contributed by atoms with Crippen molar-refractivity contribution in [2.45, 2.75) is 26.7 Å². The van der Waals surface area contributed by atoms with Crippen LogP contribution in [0.3, 0.4) is 0 Å². The summed E-state index contributed by atoms with van der Waals surface area (Å²) in [7, 11) is 3.46. The molecule has 0 rings (SSSR count). The summed E-state index contributed by atoms with van der Waals surface area (Å²) in [5.74, 6) is -0.298. The smallest absolute Gasteiger partial charge is 0.317 e. The molecule has 0 aromatic carbocycles. The summed E-state index contributed by atoms with van der Waals surface area (Å²) in [6, 6.07) is 0. The number of rotatable bonds is 8. The van der Waals surface area contributed by atoms with E-state index in [1.807, 2.05) is 4.90 Å². The molecule has 0 aromatic heterocycles. The minimum atomic E-state index is -0.815. The molecule has 1 amide bonds. The van der Waals surface area contributed by atoms with E-state index in [4.69, 9.17) is 5.11 Å². The Bertz CT molecular complexity index is 252. The minimum absolute atomic E-state index is 0.0499. The monoisotopic (exact) mass is 244 g/mol. The molecule has 0 aliphatic carbocycles. The second-order valence-electron chi connectivity index (χ2n) is 4.91. The number of amides is 1. The average molecular weight is 244 g/mol. The Morgan fingerprint density at radius 1 is 1.24 bits per heavy atom. The first-order valence-electron chi connectivity index (χ1n) is 5.97. The van der Waals surface area contributed by atoms with Crippen molar-refractivity contribution in [1.29, 1.82) is 0 Å². The first-order valence-corrected chi connectivity index (χ1v) is 5.97. The molecule has 0 unspecified atom stereocenters. The lowest BCUT2D eigenvalue weighted by molar-refractivity contribution is -0.138. The first kappa shape index (κ1) is 15.9. The predicted molar refractivity (Wildman–Crippen MR) is 66.8 cm³/mol. The molecule has 0 atom stereocenters. The molecular formula is C12H24N2O3. The third kappa shape index (κ3) is 8.68. The van der Waals surface area contributed by atoms with Gasteiger partial charge in [0, 0.05) is 27.1 Å². The molecule has 0 radical (unpaired) electrons. The summed E-state index contributed by atoms with van der Waals surface area (Å²) < 4.78 is 0. The number of carbonyl (C=O) groups is 2. The highest BCUT2D eigenvalue weighted by molar-refractivity contribution is 5.75. The first-order chi connectivity index (χ1) is 7.82. The summed E-state index contributed by atoms with van der Waals surface area (Å²) in [6.45, 7) is 5.57. The van der Waals surface area contributed by atoms with Gasteiger partial charge >= 0.3 is 5.97 Å². The van der Waals surface area contributed by atoms with Gasteiger partial charge in [0.05, 0.1) is 6.54 Å². The standard InChI is InChI=1S/C12H24N2O3/c1-10(2)8-14(9-12(16)17)7-5-6-11(15)13(3)4/h10H,5-9H2,1-4H3,(H,16,17). The Morgan fingerprint density at radius 3 is 2.24 bits per heavy atom. The molecule has 0 aliphatic rings. The molecule has 0 spiro atoms. The molecule has 0 heterocycles. The van der Waals surface area contributed by atoms with E-state index in [-0.39, 0.29) is 12.5 Å². The van der Waals surface area contributed by atoms with Gasteiger partial charge < -0.3 is 10.0 Å². The van der Waals surface area contributed by atoms with Crippen molar-refractivity contribution in [2.75, 3.05) is 33.7 Å². The summed E-state index contributed by atoms with van der Waals surface area (Å²) >= 11 is 0. The predicted octanol–water partition coefficient (Wildman–Crippen LogP) is 0.897. The van der Waals surface area contributed by atoms with Crippen LogP contribution in [-0.4, -0.2) is 60.5 Å². The van der Waals surface area contributed by atoms with Crippen molar-refractivity contribution in [3.05, 3.63) is 0 Å². The van der Waals surface area contributed by atoms with Crippen LogP contribution in [0.4, 0.5) is 0 Å². The lowest BCUT2D eigenvalue weighted by atomic mass is 10.2. The molecule has 0 bridgehead atoms. The fourth-order valence-corrected chi connectivity index (χ4v) is 1.62. The van der Waals surface area contributed by atoms with Crippen molar-refractivity contribution >= 4 is 11.9 Å². The molecule has 100 valence electrons. The van der Waals surface area contributed by atoms with Crippen LogP contribution in [0, 0.1) is 5.92 Å². The average Bonchev–Trinajstić information content (AvgIpc) is 2.14. The maximum atomic E-state index is 11.4. The van der Waals surface area contributed by atoms with Gasteiger partial charge in [-0.25, -0.2) is 0 Å². The third-order valence-corrected chi connectivity index (χ3v) is 2.35. The van der Waals surface area contributed by atoms with Crippen molar-refractivity contribution in [2.24, 2.45) is 5.92 Å². The molecule has 0 saturated carbocycles. The second-order valence-corrected chi connectivity index (χ2v) is 4.91. The molecule has 5 nitrogen and oxygen atoms in total. The van der Waals surface area contributed by atoms with Crippen LogP contribution in [-0.2, 0) is 9.59 Å². The van der Waals surface area contributed by atoms with Crippen LogP contribution in [0.15, 0.2) is 0 Å². The fourth-order valence-electron chi connectivity index (χ4n) is 1.62. The van der Waals surface area contributed by atoms with Gasteiger partial charge in [-0.15, -0.1) is 0 Å². The molecule has 0 fully saturated rings. The maximum absolute atomic E-state index is 11.4. The largest absolute Gasteiger partial charge is 0.480 e. The lowest BCUT2D eigenvalue weighted by Gasteiger charge is -2.22. The van der Waals surface area contributed by atoms with E-state index < -0.39 is 5.97 Å². The van der Waals surface area contributed by atoms with Crippen LogP contribution in [0.5, 0.6) is 0 Å². The third-order valence-electron chi connectivity index (χ3n) is 2.35. The topological polar surface area (TPSA) is 60.9 Å². The van der Waals surface area contributed by atoms with Crippen LogP contribution < -0.4 is 0 Å². The van der Waals surface area contributed by atoms with Crippen LogP contribution in [0.2, 0.25) is 0 Å². The van der Waals surface area contributed by atoms with Gasteiger partial charge in [-0.3, -0.25) is 14.5 Å². The zero-order chi connectivity index (χ0) is 13.4. The Hall–Kier alpha value is -1.10. The maximum Gasteiger partial charge on any atom is 0.317 e. The fraction of sp³-hybridized carbons (Fsp3) is 0.833. The van der Waals surface area contributed by atoms with E-state index in [2.05, 4.69) is 13.8 Å². The quantitative estimate of drug-likeness (QED) is 0.689. The van der Waals surface area contributed by atoms with Crippen molar-refractivity contribution in [3.63, 3.8) is 0 Å². The van der Waals surface area contributed by atoms with Crippen LogP contribution in [0.25, 0.3) is 0 Å². The van der Waals surface area contributed by atoms with Crippen molar-refractivity contribution < 1.29 is 14.7 Å². The van der Waals surface area contributed by atoms with Crippen molar-refractivity contribution in [3.8, 4) is 0 Å². The van der Waals surface area contributed by atoms with Gasteiger partial charge in [0.2, 0.25) is 5.91 Å². The molecular weight excluding hydrogens is 220 g/mol. The minimum Gasteiger partial charge on any atom is -0.480 e. The van der Waals surface area contributed by atoms with E-state index in [0.29, 0.717) is 25.3 Å². The van der Waals surface area contributed by atoms with Crippen LogP contribution >= 0.6 is 0 Å². The number of nitrogens with zero attached hydrogens (tertiary/aromatic N) is 2. The second kappa shape index (κ2) is 8.06. The summed E-state index contributed by atoms with van der Waals surface area (Å²) in [5.41, 5.74) is 0. The Labute approximate surface area is 103 Å². The van der Waals surface area contributed by atoms with Gasteiger partial charge in [-0.1, -0.05) is 13.8 Å². The highest BCUT2D eigenvalue weighted by atomic mass is 16.4. The number of hydrogen-bond acceptors (Lipinski definition) is 3. The highest BCUT2D eigenvalue weighted by Crippen LogP contribution is 2.02. The molecule has 0 aliphatic heterocycles. The van der Waals surface area contributed by atoms with Crippen LogP contribution in [0.1, 0.15) is 26.7 Å². The van der Waals surface area contributed by atoms with Crippen molar-refractivity contribution in [1.82, 2.24) is 9.80 Å². The number of carboxylic acids is 1. The normalized spacial score (nSPS) is 10.9. The van der Waals surface area contributed by atoms with E-state index in [9.17, 15) is 9.59 Å². The van der Waals surface area contributed by atoms with E-state index >= 15 is 0 Å². The number of carbonyl (C=O) groups excluding carboxylic acids is 1. The zero-order valence-corrected chi connectivity index (χ0v) is 11.3. The van der Waals surface area contributed by atoms with Gasteiger partial charge in [0.15, 0.2) is 0 Å².